The summed E-state index contributed by atoms with van der Waals surface area (Å²) >= 11 is 9.67. The Hall–Kier alpha value is -0.550. The molecule has 108 valence electrons. The Bertz CT molecular complexity index is 588. The lowest BCUT2D eigenvalue weighted by atomic mass is 10.1. The summed E-state index contributed by atoms with van der Waals surface area (Å²) < 4.78 is 1.03. The molecule has 0 unspecified atom stereocenters. The standard InChI is InChI=1S/C15H19ClN2S2/c1-10-9-19-14(18-10)20-13-11(6-5-7-12(13)16)8-17-15(2,3)4/h5-7,9,17H,8H2,1-4H3. The van der Waals surface area contributed by atoms with Crippen LogP contribution in [0.4, 0.5) is 0 Å². The second kappa shape index (κ2) is 6.48. The van der Waals surface area contributed by atoms with Gasteiger partial charge in [0.2, 0.25) is 0 Å². The number of hydrogen-bond donors (Lipinski definition) is 1. The molecule has 0 bridgehead atoms. The summed E-state index contributed by atoms with van der Waals surface area (Å²) in [7, 11) is 0. The molecule has 2 rings (SSSR count). The number of thiazole rings is 1. The van der Waals surface area contributed by atoms with Crippen LogP contribution in [0.25, 0.3) is 0 Å². The molecule has 0 aliphatic carbocycles. The number of halogens is 1. The number of rotatable bonds is 4. The predicted molar refractivity (Wildman–Crippen MR) is 89.0 cm³/mol. The molecule has 0 fully saturated rings. The van der Waals surface area contributed by atoms with Gasteiger partial charge in [-0.25, -0.2) is 4.98 Å². The maximum Gasteiger partial charge on any atom is 0.154 e. The summed E-state index contributed by atoms with van der Waals surface area (Å²) in [6.45, 7) is 9.30. The molecule has 0 radical (unpaired) electrons. The third-order valence-electron chi connectivity index (χ3n) is 2.65. The third-order valence-corrected chi connectivity index (χ3v) is 5.31. The highest BCUT2D eigenvalue weighted by Gasteiger charge is 2.14. The van der Waals surface area contributed by atoms with Gasteiger partial charge in [0.15, 0.2) is 4.34 Å². The molecule has 1 aromatic carbocycles. The molecular formula is C15H19ClN2S2. The average Bonchev–Trinajstić information content (AvgIpc) is 2.75. The van der Waals surface area contributed by atoms with Crippen molar-refractivity contribution in [1.29, 1.82) is 0 Å². The van der Waals surface area contributed by atoms with E-state index in [9.17, 15) is 0 Å². The van der Waals surface area contributed by atoms with Crippen molar-refractivity contribution in [2.24, 2.45) is 0 Å². The Labute approximate surface area is 134 Å². The van der Waals surface area contributed by atoms with E-state index in [1.165, 1.54) is 5.56 Å². The topological polar surface area (TPSA) is 24.9 Å². The molecule has 0 spiro atoms. The van der Waals surface area contributed by atoms with Gasteiger partial charge in [-0.05, 0) is 39.3 Å². The summed E-state index contributed by atoms with van der Waals surface area (Å²) in [5.74, 6) is 0. The quantitative estimate of drug-likeness (QED) is 0.841. The summed E-state index contributed by atoms with van der Waals surface area (Å²) in [5, 5.41) is 6.36. The number of aromatic nitrogens is 1. The van der Waals surface area contributed by atoms with E-state index in [0.717, 1.165) is 26.5 Å². The largest absolute Gasteiger partial charge is 0.308 e. The maximum atomic E-state index is 6.36. The molecule has 1 heterocycles. The van der Waals surface area contributed by atoms with Gasteiger partial charge in [-0.3, -0.25) is 0 Å². The molecule has 0 amide bonds. The Balaban J connectivity index is 2.22. The molecule has 2 aromatic rings. The van der Waals surface area contributed by atoms with Gasteiger partial charge in [-0.1, -0.05) is 35.5 Å². The van der Waals surface area contributed by atoms with Gasteiger partial charge in [0.1, 0.15) is 0 Å². The lowest BCUT2D eigenvalue weighted by Gasteiger charge is -2.21. The van der Waals surface area contributed by atoms with Crippen LogP contribution < -0.4 is 5.32 Å². The number of benzene rings is 1. The van der Waals surface area contributed by atoms with E-state index in [2.05, 4.69) is 42.5 Å². The molecule has 0 aliphatic rings. The molecule has 5 heteroatoms. The average molecular weight is 327 g/mol. The van der Waals surface area contributed by atoms with Gasteiger partial charge in [-0.2, -0.15) is 0 Å². The highest BCUT2D eigenvalue weighted by Crippen LogP contribution is 2.37. The molecule has 1 N–H and O–H groups in total. The van der Waals surface area contributed by atoms with Crippen LogP contribution >= 0.6 is 34.7 Å². The van der Waals surface area contributed by atoms with Crippen LogP contribution in [0.3, 0.4) is 0 Å². The Morgan fingerprint density at radius 1 is 1.35 bits per heavy atom. The summed E-state index contributed by atoms with van der Waals surface area (Å²) in [5.41, 5.74) is 2.35. The van der Waals surface area contributed by atoms with E-state index in [1.807, 2.05) is 19.1 Å². The summed E-state index contributed by atoms with van der Waals surface area (Å²) in [6.07, 6.45) is 0. The van der Waals surface area contributed by atoms with Gasteiger partial charge >= 0.3 is 0 Å². The van der Waals surface area contributed by atoms with Crippen LogP contribution in [0.1, 0.15) is 32.0 Å². The van der Waals surface area contributed by atoms with Crippen LogP contribution in [0.15, 0.2) is 32.8 Å². The van der Waals surface area contributed by atoms with Crippen LogP contribution in [0, 0.1) is 6.92 Å². The zero-order chi connectivity index (χ0) is 14.8. The van der Waals surface area contributed by atoms with E-state index in [0.29, 0.717) is 0 Å². The van der Waals surface area contributed by atoms with Crippen molar-refractivity contribution in [3.8, 4) is 0 Å². The normalized spacial score (nSPS) is 11.8. The van der Waals surface area contributed by atoms with E-state index >= 15 is 0 Å². The van der Waals surface area contributed by atoms with Gasteiger partial charge in [0.25, 0.3) is 0 Å². The molecule has 0 aliphatic heterocycles. The predicted octanol–water partition coefficient (Wildman–Crippen LogP) is 5.14. The minimum absolute atomic E-state index is 0.0853. The van der Waals surface area contributed by atoms with E-state index in [1.54, 1.807) is 23.1 Å². The monoisotopic (exact) mass is 326 g/mol. The van der Waals surface area contributed by atoms with Crippen molar-refractivity contribution < 1.29 is 0 Å². The number of aryl methyl sites for hydroxylation is 1. The smallest absolute Gasteiger partial charge is 0.154 e. The van der Waals surface area contributed by atoms with E-state index in [4.69, 9.17) is 11.6 Å². The van der Waals surface area contributed by atoms with Crippen molar-refractivity contribution in [1.82, 2.24) is 10.3 Å². The first-order valence-electron chi connectivity index (χ1n) is 6.47. The number of nitrogens with one attached hydrogen (secondary N) is 1. The summed E-state index contributed by atoms with van der Waals surface area (Å²) in [4.78, 5) is 5.60. The van der Waals surface area contributed by atoms with Crippen molar-refractivity contribution in [2.45, 2.75) is 49.0 Å². The van der Waals surface area contributed by atoms with Crippen LogP contribution in [-0.4, -0.2) is 10.5 Å². The highest BCUT2D eigenvalue weighted by molar-refractivity contribution is 8.01. The van der Waals surface area contributed by atoms with E-state index < -0.39 is 0 Å². The number of nitrogens with zero attached hydrogens (tertiary/aromatic N) is 1. The second-order valence-corrected chi connectivity index (χ2v) is 8.21. The fourth-order valence-electron chi connectivity index (χ4n) is 1.63. The zero-order valence-corrected chi connectivity index (χ0v) is 14.5. The maximum absolute atomic E-state index is 6.36. The molecule has 20 heavy (non-hydrogen) atoms. The lowest BCUT2D eigenvalue weighted by Crippen LogP contribution is -2.35. The molecular weight excluding hydrogens is 308 g/mol. The highest BCUT2D eigenvalue weighted by atomic mass is 35.5. The number of hydrogen-bond acceptors (Lipinski definition) is 4. The molecule has 0 saturated carbocycles. The SMILES string of the molecule is Cc1csc(Sc2c(Cl)cccc2CNC(C)(C)C)n1. The van der Waals surface area contributed by atoms with Gasteiger partial charge in [0.05, 0.1) is 5.02 Å². The summed E-state index contributed by atoms with van der Waals surface area (Å²) in [6, 6.07) is 6.05. The van der Waals surface area contributed by atoms with Crippen molar-refractivity contribution in [3.05, 3.63) is 39.9 Å². The Kier molecular flexibility index (Phi) is 5.13. The fraction of sp³-hybridized carbons (Fsp3) is 0.400. The zero-order valence-electron chi connectivity index (χ0n) is 12.2. The Morgan fingerprint density at radius 2 is 2.10 bits per heavy atom. The second-order valence-electron chi connectivity index (χ2n) is 5.69. The first-order valence-corrected chi connectivity index (χ1v) is 8.55. The third kappa shape index (κ3) is 4.48. The van der Waals surface area contributed by atoms with Crippen molar-refractivity contribution in [2.75, 3.05) is 0 Å². The van der Waals surface area contributed by atoms with Crippen molar-refractivity contribution >= 4 is 34.7 Å². The van der Waals surface area contributed by atoms with Crippen LogP contribution in [0.2, 0.25) is 5.02 Å². The van der Waals surface area contributed by atoms with Crippen LogP contribution in [-0.2, 0) is 6.54 Å². The van der Waals surface area contributed by atoms with Gasteiger partial charge in [0, 0.05) is 28.1 Å². The van der Waals surface area contributed by atoms with Gasteiger partial charge < -0.3 is 5.32 Å². The molecule has 1 aromatic heterocycles. The van der Waals surface area contributed by atoms with Crippen molar-refractivity contribution in [3.63, 3.8) is 0 Å². The van der Waals surface area contributed by atoms with E-state index in [-0.39, 0.29) is 5.54 Å². The minimum Gasteiger partial charge on any atom is -0.308 e. The molecule has 2 nitrogen and oxygen atoms in total. The minimum atomic E-state index is 0.0853. The molecule has 0 atom stereocenters. The first kappa shape index (κ1) is 15.8. The lowest BCUT2D eigenvalue weighted by molar-refractivity contribution is 0.422. The van der Waals surface area contributed by atoms with Gasteiger partial charge in [-0.15, -0.1) is 11.3 Å². The Morgan fingerprint density at radius 3 is 2.70 bits per heavy atom. The fourth-order valence-corrected chi connectivity index (χ4v) is 3.85. The first-order chi connectivity index (χ1) is 9.35. The molecule has 0 saturated heterocycles. The van der Waals surface area contributed by atoms with Crippen LogP contribution in [0.5, 0.6) is 0 Å².